The normalized spacial score (nSPS) is 12.9. The summed E-state index contributed by atoms with van der Waals surface area (Å²) in [7, 11) is 0. The quantitative estimate of drug-likeness (QED) is 0.643. The Hall–Kier alpha value is -1.30. The monoisotopic (exact) mass is 248 g/mol. The molecule has 1 aromatic heterocycles. The Bertz CT molecular complexity index is 450. The highest BCUT2D eigenvalue weighted by atomic mass is 32.1. The average Bonchev–Trinajstić information content (AvgIpc) is 2.84. The van der Waals surface area contributed by atoms with Crippen LogP contribution in [0.4, 0.5) is 0 Å². The molecule has 1 aromatic carbocycles. The van der Waals surface area contributed by atoms with Crippen molar-refractivity contribution in [1.29, 1.82) is 0 Å². The third-order valence-corrected chi connectivity index (χ3v) is 3.27. The lowest BCUT2D eigenvalue weighted by Gasteiger charge is -2.14. The third-order valence-electron chi connectivity index (χ3n) is 2.78. The number of nitrogens with zero attached hydrogens (tertiary/aromatic N) is 2. The fraction of sp³-hybridized carbons (Fsp3) is 0.333. The molecule has 1 atom stereocenters. The summed E-state index contributed by atoms with van der Waals surface area (Å²) in [6.07, 6.45) is 1.74. The Morgan fingerprint density at radius 1 is 1.18 bits per heavy atom. The number of hydrazine groups is 1. The van der Waals surface area contributed by atoms with E-state index in [1.165, 1.54) is 17.3 Å². The Kier molecular flexibility index (Phi) is 3.83. The Labute approximate surface area is 105 Å². The largest absolute Gasteiger partial charge is 0.271 e. The minimum absolute atomic E-state index is 0.0880. The second-order valence-corrected chi connectivity index (χ2v) is 4.81. The summed E-state index contributed by atoms with van der Waals surface area (Å²) in [5.41, 5.74) is 6.05. The van der Waals surface area contributed by atoms with Crippen molar-refractivity contribution in [3.63, 3.8) is 0 Å². The molecular weight excluding hydrogens is 232 g/mol. The van der Waals surface area contributed by atoms with Crippen LogP contribution < -0.4 is 11.3 Å². The number of aromatic nitrogens is 2. The van der Waals surface area contributed by atoms with E-state index in [0.717, 1.165) is 11.3 Å². The molecular formula is C12H16N4S. The van der Waals surface area contributed by atoms with Gasteiger partial charge in [0.15, 0.2) is 0 Å². The SMILES string of the molecule is CC(C)c1ccc(C(NN)c2cnsn2)cc1. The highest BCUT2D eigenvalue weighted by molar-refractivity contribution is 6.99. The molecule has 2 aromatic rings. The maximum Gasteiger partial charge on any atom is 0.0970 e. The predicted molar refractivity (Wildman–Crippen MR) is 69.6 cm³/mol. The van der Waals surface area contributed by atoms with Crippen LogP contribution in [0.3, 0.4) is 0 Å². The van der Waals surface area contributed by atoms with Crippen molar-refractivity contribution in [2.24, 2.45) is 5.84 Å². The van der Waals surface area contributed by atoms with Crippen molar-refractivity contribution in [3.05, 3.63) is 47.3 Å². The summed E-state index contributed by atoms with van der Waals surface area (Å²) in [6.45, 7) is 4.36. The van der Waals surface area contributed by atoms with Gasteiger partial charge in [-0.2, -0.15) is 8.75 Å². The Balaban J connectivity index is 2.26. The first-order valence-corrected chi connectivity index (χ1v) is 6.29. The molecule has 0 aliphatic carbocycles. The molecule has 0 spiro atoms. The van der Waals surface area contributed by atoms with Gasteiger partial charge in [0, 0.05) is 0 Å². The van der Waals surface area contributed by atoms with E-state index in [0.29, 0.717) is 5.92 Å². The molecule has 0 aliphatic heterocycles. The average molecular weight is 248 g/mol. The van der Waals surface area contributed by atoms with Crippen LogP contribution >= 0.6 is 11.7 Å². The van der Waals surface area contributed by atoms with Crippen LogP contribution in [0.1, 0.15) is 42.6 Å². The molecule has 0 bridgehead atoms. The van der Waals surface area contributed by atoms with Crippen molar-refractivity contribution < 1.29 is 0 Å². The van der Waals surface area contributed by atoms with Crippen molar-refractivity contribution >= 4 is 11.7 Å². The van der Waals surface area contributed by atoms with E-state index in [4.69, 9.17) is 5.84 Å². The maximum absolute atomic E-state index is 5.58. The molecule has 4 nitrogen and oxygen atoms in total. The number of nitrogens with one attached hydrogen (secondary N) is 1. The second-order valence-electron chi connectivity index (χ2n) is 4.25. The van der Waals surface area contributed by atoms with Crippen LogP contribution in [0.25, 0.3) is 0 Å². The molecule has 90 valence electrons. The van der Waals surface area contributed by atoms with Gasteiger partial charge in [-0.1, -0.05) is 38.1 Å². The molecule has 0 saturated carbocycles. The van der Waals surface area contributed by atoms with Crippen molar-refractivity contribution in [2.45, 2.75) is 25.8 Å². The zero-order valence-electron chi connectivity index (χ0n) is 9.92. The van der Waals surface area contributed by atoms with E-state index in [1.807, 2.05) is 0 Å². The minimum atomic E-state index is -0.0880. The molecule has 0 saturated heterocycles. The molecule has 0 aliphatic rings. The summed E-state index contributed by atoms with van der Waals surface area (Å²) >= 11 is 1.19. The second kappa shape index (κ2) is 5.35. The third kappa shape index (κ3) is 2.69. The number of benzene rings is 1. The van der Waals surface area contributed by atoms with Gasteiger partial charge in [-0.25, -0.2) is 5.43 Å². The fourth-order valence-corrected chi connectivity index (χ4v) is 2.17. The number of hydrogen-bond donors (Lipinski definition) is 2. The van der Waals surface area contributed by atoms with E-state index < -0.39 is 0 Å². The topological polar surface area (TPSA) is 63.8 Å². The van der Waals surface area contributed by atoms with Gasteiger partial charge in [-0.15, -0.1) is 0 Å². The zero-order valence-corrected chi connectivity index (χ0v) is 10.7. The number of rotatable bonds is 4. The standard InChI is InChI=1S/C12H16N4S/c1-8(2)9-3-5-10(6-4-9)12(15-13)11-7-14-17-16-11/h3-8,12,15H,13H2,1-2H3. The van der Waals surface area contributed by atoms with Crippen molar-refractivity contribution in [2.75, 3.05) is 0 Å². The molecule has 1 heterocycles. The summed E-state index contributed by atoms with van der Waals surface area (Å²) in [6, 6.07) is 8.34. The van der Waals surface area contributed by atoms with Gasteiger partial charge in [0.1, 0.15) is 0 Å². The molecule has 1 unspecified atom stereocenters. The predicted octanol–water partition coefficient (Wildman–Crippen LogP) is 2.21. The lowest BCUT2D eigenvalue weighted by atomic mass is 9.98. The highest BCUT2D eigenvalue weighted by Gasteiger charge is 2.14. The minimum Gasteiger partial charge on any atom is -0.271 e. The molecule has 0 radical (unpaired) electrons. The van der Waals surface area contributed by atoms with Crippen molar-refractivity contribution in [1.82, 2.24) is 14.2 Å². The Morgan fingerprint density at radius 2 is 1.82 bits per heavy atom. The van der Waals surface area contributed by atoms with Crippen LogP contribution in [0, 0.1) is 0 Å². The van der Waals surface area contributed by atoms with Crippen LogP contribution in [-0.2, 0) is 0 Å². The molecule has 5 heteroatoms. The lowest BCUT2D eigenvalue weighted by Crippen LogP contribution is -2.29. The first-order chi connectivity index (χ1) is 8.22. The first-order valence-electron chi connectivity index (χ1n) is 5.56. The maximum atomic E-state index is 5.58. The van der Waals surface area contributed by atoms with E-state index in [9.17, 15) is 0 Å². The van der Waals surface area contributed by atoms with Gasteiger partial charge in [0.25, 0.3) is 0 Å². The molecule has 3 N–H and O–H groups in total. The molecule has 0 amide bonds. The smallest absolute Gasteiger partial charge is 0.0970 e. The van der Waals surface area contributed by atoms with Crippen LogP contribution in [0.2, 0.25) is 0 Å². The summed E-state index contributed by atoms with van der Waals surface area (Å²) in [5, 5.41) is 0. The van der Waals surface area contributed by atoms with E-state index in [-0.39, 0.29) is 6.04 Å². The Morgan fingerprint density at radius 3 is 2.29 bits per heavy atom. The first kappa shape index (κ1) is 12.2. The van der Waals surface area contributed by atoms with E-state index in [1.54, 1.807) is 6.20 Å². The van der Waals surface area contributed by atoms with Gasteiger partial charge in [-0.05, 0) is 17.0 Å². The van der Waals surface area contributed by atoms with Gasteiger partial charge in [-0.3, -0.25) is 5.84 Å². The molecule has 0 fully saturated rings. The fourth-order valence-electron chi connectivity index (χ4n) is 1.72. The van der Waals surface area contributed by atoms with Crippen LogP contribution in [0.15, 0.2) is 30.5 Å². The number of hydrogen-bond acceptors (Lipinski definition) is 5. The van der Waals surface area contributed by atoms with Gasteiger partial charge in [0.05, 0.1) is 29.7 Å². The van der Waals surface area contributed by atoms with Gasteiger partial charge in [0.2, 0.25) is 0 Å². The van der Waals surface area contributed by atoms with Crippen LogP contribution in [-0.4, -0.2) is 8.75 Å². The highest BCUT2D eigenvalue weighted by Crippen LogP contribution is 2.22. The van der Waals surface area contributed by atoms with E-state index in [2.05, 4.69) is 52.3 Å². The van der Waals surface area contributed by atoms with Gasteiger partial charge < -0.3 is 0 Å². The van der Waals surface area contributed by atoms with E-state index >= 15 is 0 Å². The molecule has 2 rings (SSSR count). The zero-order chi connectivity index (χ0) is 12.3. The lowest BCUT2D eigenvalue weighted by molar-refractivity contribution is 0.625. The van der Waals surface area contributed by atoms with Gasteiger partial charge >= 0.3 is 0 Å². The number of nitrogens with two attached hydrogens (primary N) is 1. The van der Waals surface area contributed by atoms with Crippen LogP contribution in [0.5, 0.6) is 0 Å². The van der Waals surface area contributed by atoms with Crippen molar-refractivity contribution in [3.8, 4) is 0 Å². The summed E-state index contributed by atoms with van der Waals surface area (Å²) in [5.74, 6) is 6.12. The molecule has 17 heavy (non-hydrogen) atoms. The summed E-state index contributed by atoms with van der Waals surface area (Å²) in [4.78, 5) is 0. The summed E-state index contributed by atoms with van der Waals surface area (Å²) < 4.78 is 8.21.